The quantitative estimate of drug-likeness (QED) is 0.703. The highest BCUT2D eigenvalue weighted by Gasteiger charge is 2.23. The Labute approximate surface area is 105 Å². The minimum atomic E-state index is -1.04. The lowest BCUT2D eigenvalue weighted by atomic mass is 10.0. The fraction of sp³-hybridized carbons (Fsp3) is 0.417. The molecule has 6 nitrogen and oxygen atoms in total. The Balaban J connectivity index is 2.60. The summed E-state index contributed by atoms with van der Waals surface area (Å²) in [6, 6.07) is 2.40. The maximum Gasteiger partial charge on any atom is 0.326 e. The fourth-order valence-corrected chi connectivity index (χ4v) is 1.44. The van der Waals surface area contributed by atoms with E-state index in [1.807, 2.05) is 0 Å². The third kappa shape index (κ3) is 4.04. The SMILES string of the molecule is CC(C)C(NC(=O)Cc1ccc(N)cn1)C(=O)O. The van der Waals surface area contributed by atoms with Crippen LogP contribution >= 0.6 is 0 Å². The highest BCUT2D eigenvalue weighted by atomic mass is 16.4. The number of carbonyl (C=O) groups excluding carboxylic acids is 1. The molecule has 1 aromatic heterocycles. The number of nitrogens with zero attached hydrogens (tertiary/aromatic N) is 1. The lowest BCUT2D eigenvalue weighted by molar-refractivity contribution is -0.143. The van der Waals surface area contributed by atoms with E-state index in [1.54, 1.807) is 26.0 Å². The van der Waals surface area contributed by atoms with Gasteiger partial charge in [-0.1, -0.05) is 13.8 Å². The summed E-state index contributed by atoms with van der Waals surface area (Å²) in [5.41, 5.74) is 6.55. The van der Waals surface area contributed by atoms with Crippen LogP contribution in [0.4, 0.5) is 5.69 Å². The first kappa shape index (κ1) is 14.0. The number of anilines is 1. The number of aromatic nitrogens is 1. The van der Waals surface area contributed by atoms with Crippen LogP contribution in [-0.4, -0.2) is 28.0 Å². The van der Waals surface area contributed by atoms with Gasteiger partial charge in [0.1, 0.15) is 6.04 Å². The Morgan fingerprint density at radius 2 is 2.11 bits per heavy atom. The highest BCUT2D eigenvalue weighted by Crippen LogP contribution is 2.04. The number of carboxylic acid groups (broad SMARTS) is 1. The van der Waals surface area contributed by atoms with E-state index in [9.17, 15) is 9.59 Å². The minimum Gasteiger partial charge on any atom is -0.480 e. The van der Waals surface area contributed by atoms with Crippen LogP contribution in [0.3, 0.4) is 0 Å². The summed E-state index contributed by atoms with van der Waals surface area (Å²) in [7, 11) is 0. The first-order valence-corrected chi connectivity index (χ1v) is 5.62. The number of amides is 1. The van der Waals surface area contributed by atoms with Crippen LogP contribution in [0, 0.1) is 5.92 Å². The predicted molar refractivity (Wildman–Crippen MR) is 66.8 cm³/mol. The van der Waals surface area contributed by atoms with Crippen LogP contribution in [0.25, 0.3) is 0 Å². The number of nitrogens with one attached hydrogen (secondary N) is 1. The second kappa shape index (κ2) is 6.00. The van der Waals surface area contributed by atoms with Crippen molar-refractivity contribution in [1.82, 2.24) is 10.3 Å². The van der Waals surface area contributed by atoms with Gasteiger partial charge in [0.2, 0.25) is 5.91 Å². The van der Waals surface area contributed by atoms with Gasteiger partial charge in [-0.2, -0.15) is 0 Å². The summed E-state index contributed by atoms with van der Waals surface area (Å²) in [5.74, 6) is -1.58. The van der Waals surface area contributed by atoms with Crippen molar-refractivity contribution < 1.29 is 14.7 Å². The number of carboxylic acids is 1. The molecule has 0 aromatic carbocycles. The number of nitrogens with two attached hydrogens (primary N) is 1. The largest absolute Gasteiger partial charge is 0.480 e. The van der Waals surface area contributed by atoms with Gasteiger partial charge >= 0.3 is 5.97 Å². The number of hydrogen-bond acceptors (Lipinski definition) is 4. The number of rotatable bonds is 5. The summed E-state index contributed by atoms with van der Waals surface area (Å²) in [5, 5.41) is 11.4. The van der Waals surface area contributed by atoms with Crippen molar-refractivity contribution in [3.63, 3.8) is 0 Å². The molecule has 1 amide bonds. The van der Waals surface area contributed by atoms with Crippen LogP contribution in [0.15, 0.2) is 18.3 Å². The van der Waals surface area contributed by atoms with E-state index in [4.69, 9.17) is 10.8 Å². The molecule has 0 aliphatic heterocycles. The van der Waals surface area contributed by atoms with Crippen molar-refractivity contribution in [2.24, 2.45) is 5.92 Å². The first-order valence-electron chi connectivity index (χ1n) is 5.62. The monoisotopic (exact) mass is 251 g/mol. The molecule has 1 aromatic rings. The van der Waals surface area contributed by atoms with Crippen LogP contribution in [-0.2, 0) is 16.0 Å². The third-order valence-electron chi connectivity index (χ3n) is 2.44. The number of hydrogen-bond donors (Lipinski definition) is 3. The molecule has 0 saturated heterocycles. The molecular weight excluding hydrogens is 234 g/mol. The molecule has 0 spiro atoms. The number of carbonyl (C=O) groups is 2. The molecule has 0 bridgehead atoms. The summed E-state index contributed by atoms with van der Waals surface area (Å²) in [4.78, 5) is 26.6. The van der Waals surface area contributed by atoms with Crippen molar-refractivity contribution in [1.29, 1.82) is 0 Å². The average Bonchev–Trinajstić information content (AvgIpc) is 2.28. The Morgan fingerprint density at radius 3 is 2.56 bits per heavy atom. The zero-order valence-corrected chi connectivity index (χ0v) is 10.4. The smallest absolute Gasteiger partial charge is 0.326 e. The summed E-state index contributed by atoms with van der Waals surface area (Å²) in [6.45, 7) is 3.47. The van der Waals surface area contributed by atoms with Crippen molar-refractivity contribution in [2.45, 2.75) is 26.3 Å². The van der Waals surface area contributed by atoms with Crippen molar-refractivity contribution in [2.75, 3.05) is 5.73 Å². The van der Waals surface area contributed by atoms with Gasteiger partial charge in [0.05, 0.1) is 18.3 Å². The van der Waals surface area contributed by atoms with E-state index < -0.39 is 12.0 Å². The molecule has 1 unspecified atom stereocenters. The topological polar surface area (TPSA) is 105 Å². The van der Waals surface area contributed by atoms with Crippen molar-refractivity contribution in [3.8, 4) is 0 Å². The number of pyridine rings is 1. The zero-order chi connectivity index (χ0) is 13.7. The van der Waals surface area contributed by atoms with Gasteiger partial charge in [0.15, 0.2) is 0 Å². The normalized spacial score (nSPS) is 12.2. The molecule has 0 radical (unpaired) electrons. The van der Waals surface area contributed by atoms with Gasteiger partial charge < -0.3 is 16.2 Å². The average molecular weight is 251 g/mol. The molecule has 4 N–H and O–H groups in total. The van der Waals surface area contributed by atoms with Gasteiger partial charge in [-0.05, 0) is 18.1 Å². The molecule has 98 valence electrons. The first-order chi connectivity index (χ1) is 8.40. The molecule has 1 rings (SSSR count). The second-order valence-electron chi connectivity index (χ2n) is 4.39. The summed E-state index contributed by atoms with van der Waals surface area (Å²) in [6.07, 6.45) is 1.50. The highest BCUT2D eigenvalue weighted by molar-refractivity contribution is 5.84. The maximum absolute atomic E-state index is 11.7. The molecule has 1 atom stereocenters. The van der Waals surface area contributed by atoms with E-state index in [-0.39, 0.29) is 18.2 Å². The number of nitrogen functional groups attached to an aromatic ring is 1. The molecule has 1 heterocycles. The Hall–Kier alpha value is -2.11. The van der Waals surface area contributed by atoms with E-state index in [1.165, 1.54) is 6.20 Å². The maximum atomic E-state index is 11.7. The van der Waals surface area contributed by atoms with E-state index >= 15 is 0 Å². The van der Waals surface area contributed by atoms with Crippen molar-refractivity contribution in [3.05, 3.63) is 24.0 Å². The van der Waals surface area contributed by atoms with Gasteiger partial charge in [-0.3, -0.25) is 9.78 Å². The Kier molecular flexibility index (Phi) is 4.65. The number of aliphatic carboxylic acids is 1. The zero-order valence-electron chi connectivity index (χ0n) is 10.4. The molecule has 18 heavy (non-hydrogen) atoms. The van der Waals surface area contributed by atoms with Crippen molar-refractivity contribution >= 4 is 17.6 Å². The molecule has 0 aliphatic carbocycles. The van der Waals surface area contributed by atoms with E-state index in [0.29, 0.717) is 11.4 Å². The van der Waals surface area contributed by atoms with Gasteiger partial charge in [0.25, 0.3) is 0 Å². The van der Waals surface area contributed by atoms with Crippen LogP contribution in [0.2, 0.25) is 0 Å². The third-order valence-corrected chi connectivity index (χ3v) is 2.44. The lowest BCUT2D eigenvalue weighted by Gasteiger charge is -2.17. The molecule has 0 saturated carbocycles. The fourth-order valence-electron chi connectivity index (χ4n) is 1.44. The second-order valence-corrected chi connectivity index (χ2v) is 4.39. The Morgan fingerprint density at radius 1 is 1.44 bits per heavy atom. The van der Waals surface area contributed by atoms with Crippen LogP contribution in [0.1, 0.15) is 19.5 Å². The lowest BCUT2D eigenvalue weighted by Crippen LogP contribution is -2.44. The van der Waals surface area contributed by atoms with Gasteiger partial charge in [-0.25, -0.2) is 4.79 Å². The standard InChI is InChI=1S/C12H17N3O3/c1-7(2)11(12(17)18)15-10(16)5-9-4-3-8(13)6-14-9/h3-4,6-7,11H,5,13H2,1-2H3,(H,15,16)(H,17,18). The summed E-state index contributed by atoms with van der Waals surface area (Å²) >= 11 is 0. The Bertz CT molecular complexity index is 429. The molecular formula is C12H17N3O3. The minimum absolute atomic E-state index is 0.0385. The van der Waals surface area contributed by atoms with Crippen LogP contribution < -0.4 is 11.1 Å². The van der Waals surface area contributed by atoms with E-state index in [2.05, 4.69) is 10.3 Å². The molecule has 6 heteroatoms. The molecule has 0 fully saturated rings. The van der Waals surface area contributed by atoms with Gasteiger partial charge in [-0.15, -0.1) is 0 Å². The summed E-state index contributed by atoms with van der Waals surface area (Å²) < 4.78 is 0. The van der Waals surface area contributed by atoms with E-state index in [0.717, 1.165) is 0 Å². The van der Waals surface area contributed by atoms with Crippen LogP contribution in [0.5, 0.6) is 0 Å². The predicted octanol–water partition coefficient (Wildman–Crippen LogP) is 0.432. The molecule has 0 aliphatic rings. The van der Waals surface area contributed by atoms with Gasteiger partial charge in [0, 0.05) is 5.69 Å².